The van der Waals surface area contributed by atoms with Crippen molar-refractivity contribution in [2.75, 3.05) is 7.11 Å². The summed E-state index contributed by atoms with van der Waals surface area (Å²) in [7, 11) is -3.23. The number of methoxy groups -OCH3 is 1. The van der Waals surface area contributed by atoms with Crippen LogP contribution in [0.1, 0.15) is 32.1 Å². The fourth-order valence-corrected chi connectivity index (χ4v) is 3.15. The van der Waals surface area contributed by atoms with Crippen molar-refractivity contribution in [2.45, 2.75) is 38.1 Å². The van der Waals surface area contributed by atoms with Crippen LogP contribution >= 0.6 is 0 Å². The third kappa shape index (κ3) is 5.03. The van der Waals surface area contributed by atoms with Gasteiger partial charge in [0.2, 0.25) is 0 Å². The van der Waals surface area contributed by atoms with Gasteiger partial charge in [-0.05, 0) is 18.8 Å². The van der Waals surface area contributed by atoms with Gasteiger partial charge in [0.05, 0.1) is 7.11 Å². The third-order valence-electron chi connectivity index (χ3n) is 3.07. The molecular formula is C10H18N2O6S. The molecule has 1 atom stereocenters. The molecule has 0 aliphatic heterocycles. The first-order valence-electron chi connectivity index (χ1n) is 5.96. The van der Waals surface area contributed by atoms with E-state index in [-0.39, 0.29) is 5.92 Å². The molecule has 1 rings (SSSR count). The van der Waals surface area contributed by atoms with Gasteiger partial charge in [0.25, 0.3) is 0 Å². The van der Waals surface area contributed by atoms with Crippen molar-refractivity contribution < 1.29 is 27.9 Å². The lowest BCUT2D eigenvalue weighted by Gasteiger charge is -2.27. The van der Waals surface area contributed by atoms with Crippen molar-refractivity contribution in [1.29, 1.82) is 0 Å². The van der Waals surface area contributed by atoms with Crippen LogP contribution in [0.4, 0.5) is 4.79 Å². The standard InChI is InChI=1S/C10H18N2O6S/c1-18-10(15)12-19(16,17)11-8(9(13)14)7-5-3-2-4-6-7/h7-8,11H,2-6H2,1H3,(H,12,15)(H,13,14). The minimum Gasteiger partial charge on any atom is -0.480 e. The van der Waals surface area contributed by atoms with E-state index in [0.29, 0.717) is 12.8 Å². The Morgan fingerprint density at radius 3 is 2.32 bits per heavy atom. The quantitative estimate of drug-likeness (QED) is 0.666. The van der Waals surface area contributed by atoms with Crippen molar-refractivity contribution >= 4 is 22.3 Å². The van der Waals surface area contributed by atoms with Gasteiger partial charge in [0.1, 0.15) is 6.04 Å². The lowest BCUT2D eigenvalue weighted by molar-refractivity contribution is -0.140. The van der Waals surface area contributed by atoms with Gasteiger partial charge in [-0.1, -0.05) is 19.3 Å². The highest BCUT2D eigenvalue weighted by atomic mass is 32.2. The maximum absolute atomic E-state index is 11.6. The molecule has 0 radical (unpaired) electrons. The number of rotatable bonds is 5. The Labute approximate surface area is 111 Å². The molecule has 0 aromatic rings. The number of aliphatic carboxylic acids is 1. The second kappa shape index (κ2) is 6.71. The van der Waals surface area contributed by atoms with E-state index < -0.39 is 28.3 Å². The molecule has 0 aromatic carbocycles. The molecule has 0 heterocycles. The van der Waals surface area contributed by atoms with E-state index in [0.717, 1.165) is 26.4 Å². The summed E-state index contributed by atoms with van der Waals surface area (Å²) in [6, 6.07) is -1.23. The highest BCUT2D eigenvalue weighted by molar-refractivity contribution is 7.88. The predicted molar refractivity (Wildman–Crippen MR) is 65.6 cm³/mol. The van der Waals surface area contributed by atoms with E-state index in [1.807, 2.05) is 4.72 Å². The normalized spacial score (nSPS) is 18.6. The van der Waals surface area contributed by atoms with Crippen LogP contribution < -0.4 is 9.44 Å². The molecule has 1 amide bonds. The summed E-state index contributed by atoms with van der Waals surface area (Å²) in [4.78, 5) is 22.0. The number of ether oxygens (including phenoxy) is 1. The third-order valence-corrected chi connectivity index (χ3v) is 4.07. The Morgan fingerprint density at radius 1 is 1.26 bits per heavy atom. The van der Waals surface area contributed by atoms with Crippen molar-refractivity contribution in [3.8, 4) is 0 Å². The fourth-order valence-electron chi connectivity index (χ4n) is 2.16. The van der Waals surface area contributed by atoms with Crippen LogP contribution in [0.25, 0.3) is 0 Å². The van der Waals surface area contributed by atoms with Crippen LogP contribution in [0.2, 0.25) is 0 Å². The van der Waals surface area contributed by atoms with Gasteiger partial charge in [-0.25, -0.2) is 9.52 Å². The van der Waals surface area contributed by atoms with E-state index in [9.17, 15) is 18.0 Å². The molecule has 3 N–H and O–H groups in total. The predicted octanol–water partition coefficient (Wildman–Crippen LogP) is 0.210. The monoisotopic (exact) mass is 294 g/mol. The first kappa shape index (κ1) is 15.7. The number of carboxylic acids is 1. The van der Waals surface area contributed by atoms with Gasteiger partial charge in [-0.2, -0.15) is 13.1 Å². The summed E-state index contributed by atoms with van der Waals surface area (Å²) < 4.78 is 30.9. The molecule has 8 nitrogen and oxygen atoms in total. The van der Waals surface area contributed by atoms with Crippen LogP contribution in [0.15, 0.2) is 0 Å². The molecule has 110 valence electrons. The van der Waals surface area contributed by atoms with E-state index in [4.69, 9.17) is 5.11 Å². The van der Waals surface area contributed by atoms with Gasteiger partial charge in [0.15, 0.2) is 0 Å². The second-order valence-corrected chi connectivity index (χ2v) is 5.88. The first-order chi connectivity index (χ1) is 8.85. The van der Waals surface area contributed by atoms with Crippen LogP contribution in [-0.2, 0) is 19.7 Å². The maximum atomic E-state index is 11.6. The average molecular weight is 294 g/mol. The van der Waals surface area contributed by atoms with Gasteiger partial charge in [-0.3, -0.25) is 4.79 Å². The van der Waals surface area contributed by atoms with E-state index >= 15 is 0 Å². The highest BCUT2D eigenvalue weighted by Gasteiger charge is 2.33. The maximum Gasteiger partial charge on any atom is 0.421 e. The Morgan fingerprint density at radius 2 is 1.84 bits per heavy atom. The Kier molecular flexibility index (Phi) is 5.55. The van der Waals surface area contributed by atoms with Crippen LogP contribution in [0.5, 0.6) is 0 Å². The van der Waals surface area contributed by atoms with E-state index in [1.165, 1.54) is 0 Å². The molecule has 19 heavy (non-hydrogen) atoms. The molecule has 1 saturated carbocycles. The molecular weight excluding hydrogens is 276 g/mol. The van der Waals surface area contributed by atoms with Crippen molar-refractivity contribution in [1.82, 2.24) is 9.44 Å². The number of carbonyl (C=O) groups is 2. The minimum absolute atomic E-state index is 0.263. The molecule has 1 aliphatic carbocycles. The minimum atomic E-state index is -4.24. The van der Waals surface area contributed by atoms with E-state index in [1.54, 1.807) is 4.72 Å². The largest absolute Gasteiger partial charge is 0.480 e. The van der Waals surface area contributed by atoms with Crippen LogP contribution in [-0.4, -0.2) is 38.7 Å². The topological polar surface area (TPSA) is 122 Å². The van der Waals surface area contributed by atoms with Gasteiger partial charge >= 0.3 is 22.3 Å². The smallest absolute Gasteiger partial charge is 0.421 e. The van der Waals surface area contributed by atoms with Crippen molar-refractivity contribution in [2.24, 2.45) is 5.92 Å². The number of hydrogen-bond donors (Lipinski definition) is 3. The Balaban J connectivity index is 2.72. The number of carboxylic acid groups (broad SMARTS) is 1. The molecule has 1 aliphatic rings. The number of hydrogen-bond acceptors (Lipinski definition) is 5. The zero-order valence-electron chi connectivity index (χ0n) is 10.6. The summed E-state index contributed by atoms with van der Waals surface area (Å²) >= 11 is 0. The summed E-state index contributed by atoms with van der Waals surface area (Å²) in [5.41, 5.74) is 0. The van der Waals surface area contributed by atoms with Gasteiger partial charge in [-0.15, -0.1) is 0 Å². The summed E-state index contributed by atoms with van der Waals surface area (Å²) in [5.74, 6) is -1.51. The number of amides is 1. The second-order valence-electron chi connectivity index (χ2n) is 4.43. The molecule has 0 saturated heterocycles. The SMILES string of the molecule is COC(=O)NS(=O)(=O)NC(C(=O)O)C1CCCCC1. The number of carbonyl (C=O) groups excluding carboxylic acids is 1. The number of nitrogens with one attached hydrogen (secondary N) is 2. The van der Waals surface area contributed by atoms with Crippen molar-refractivity contribution in [3.05, 3.63) is 0 Å². The highest BCUT2D eigenvalue weighted by Crippen LogP contribution is 2.26. The summed E-state index contributed by atoms with van der Waals surface area (Å²) in [6.07, 6.45) is 2.91. The average Bonchev–Trinajstić information content (AvgIpc) is 2.36. The van der Waals surface area contributed by atoms with Crippen LogP contribution in [0.3, 0.4) is 0 Å². The Hall–Kier alpha value is -1.35. The summed E-state index contributed by atoms with van der Waals surface area (Å²) in [6.45, 7) is 0. The first-order valence-corrected chi connectivity index (χ1v) is 7.45. The van der Waals surface area contributed by atoms with Crippen LogP contribution in [0, 0.1) is 5.92 Å². The molecule has 0 spiro atoms. The van der Waals surface area contributed by atoms with Gasteiger partial charge in [0, 0.05) is 0 Å². The molecule has 0 aromatic heterocycles. The lowest BCUT2D eigenvalue weighted by atomic mass is 9.84. The lowest BCUT2D eigenvalue weighted by Crippen LogP contribution is -2.51. The zero-order chi connectivity index (χ0) is 14.5. The van der Waals surface area contributed by atoms with E-state index in [2.05, 4.69) is 4.74 Å². The zero-order valence-corrected chi connectivity index (χ0v) is 11.4. The molecule has 1 unspecified atom stereocenters. The molecule has 9 heteroatoms. The Bertz CT molecular complexity index is 429. The molecule has 1 fully saturated rings. The van der Waals surface area contributed by atoms with Gasteiger partial charge < -0.3 is 9.84 Å². The molecule has 0 bridgehead atoms. The van der Waals surface area contributed by atoms with Crippen molar-refractivity contribution in [3.63, 3.8) is 0 Å². The summed E-state index contributed by atoms with van der Waals surface area (Å²) in [5, 5.41) is 9.11. The fraction of sp³-hybridized carbons (Fsp3) is 0.800.